The Morgan fingerprint density at radius 3 is 2.89 bits per heavy atom. The number of halogens is 2. The zero-order chi connectivity index (χ0) is 14.0. The van der Waals surface area contributed by atoms with Crippen LogP contribution in [0.15, 0.2) is 22.7 Å². The molecule has 0 radical (unpaired) electrons. The van der Waals surface area contributed by atoms with Crippen LogP contribution in [0.3, 0.4) is 0 Å². The first-order valence-electron chi connectivity index (χ1n) is 4.89. The molecule has 0 unspecified atom stereocenters. The minimum Gasteiger partial charge on any atom is -0.422 e. The Morgan fingerprint density at radius 2 is 2.32 bits per heavy atom. The van der Waals surface area contributed by atoms with Crippen molar-refractivity contribution < 1.29 is 14.8 Å². The Hall–Kier alpha value is -1.22. The van der Waals surface area contributed by atoms with Gasteiger partial charge >= 0.3 is 5.69 Å². The number of aromatic nitrogens is 1. The van der Waals surface area contributed by atoms with Crippen molar-refractivity contribution in [1.29, 1.82) is 0 Å². The summed E-state index contributed by atoms with van der Waals surface area (Å²) in [6, 6.07) is 4.47. The Balaban J connectivity index is 2.39. The van der Waals surface area contributed by atoms with Gasteiger partial charge in [-0.2, -0.15) is 4.98 Å². The van der Waals surface area contributed by atoms with Crippen molar-refractivity contribution in [2.75, 3.05) is 0 Å². The Morgan fingerprint density at radius 1 is 1.58 bits per heavy atom. The van der Waals surface area contributed by atoms with E-state index in [2.05, 4.69) is 20.9 Å². The lowest BCUT2D eigenvalue weighted by atomic mass is 10.3. The Kier molecular flexibility index (Phi) is 4.35. The van der Waals surface area contributed by atoms with Gasteiger partial charge in [-0.1, -0.05) is 29.0 Å². The lowest BCUT2D eigenvalue weighted by Crippen LogP contribution is -1.93. The molecule has 2 aromatic rings. The molecule has 0 aliphatic carbocycles. The third-order valence-corrected chi connectivity index (χ3v) is 4.07. The first-order valence-corrected chi connectivity index (χ1v) is 6.88. The van der Waals surface area contributed by atoms with Crippen LogP contribution < -0.4 is 4.74 Å². The molecule has 0 fully saturated rings. The summed E-state index contributed by atoms with van der Waals surface area (Å²) in [6.45, 7) is -0.266. The summed E-state index contributed by atoms with van der Waals surface area (Å²) in [5.41, 5.74) is -0.189. The number of benzene rings is 1. The largest absolute Gasteiger partial charge is 0.422 e. The summed E-state index contributed by atoms with van der Waals surface area (Å²) in [7, 11) is 0. The Labute approximate surface area is 124 Å². The highest BCUT2D eigenvalue weighted by Crippen LogP contribution is 2.40. The molecule has 0 saturated carbocycles. The second kappa shape index (κ2) is 5.83. The fourth-order valence-corrected chi connectivity index (χ4v) is 2.69. The number of para-hydroxylation sites is 1. The van der Waals surface area contributed by atoms with Gasteiger partial charge in [-0.05, 0) is 22.0 Å². The minimum atomic E-state index is -0.553. The van der Waals surface area contributed by atoms with E-state index in [1.807, 2.05) is 0 Å². The van der Waals surface area contributed by atoms with E-state index < -0.39 is 4.92 Å². The van der Waals surface area contributed by atoms with E-state index in [0.29, 0.717) is 9.35 Å². The van der Waals surface area contributed by atoms with E-state index in [0.717, 1.165) is 11.3 Å². The number of aliphatic hydroxyl groups is 1. The van der Waals surface area contributed by atoms with Gasteiger partial charge in [0.2, 0.25) is 5.75 Å². The summed E-state index contributed by atoms with van der Waals surface area (Å²) in [4.78, 5) is 14.7. The normalized spacial score (nSPS) is 10.5. The highest BCUT2D eigenvalue weighted by molar-refractivity contribution is 9.10. The number of thiazole rings is 1. The molecule has 1 aromatic heterocycles. The van der Waals surface area contributed by atoms with Crippen molar-refractivity contribution in [1.82, 2.24) is 4.98 Å². The summed E-state index contributed by atoms with van der Waals surface area (Å²) in [6.07, 6.45) is 0. The van der Waals surface area contributed by atoms with Gasteiger partial charge in [0, 0.05) is 6.07 Å². The quantitative estimate of drug-likeness (QED) is 0.659. The van der Waals surface area contributed by atoms with Crippen LogP contribution in [0.25, 0.3) is 0 Å². The maximum Gasteiger partial charge on any atom is 0.312 e. The monoisotopic (exact) mass is 364 g/mol. The molecule has 0 saturated heterocycles. The second-order valence-electron chi connectivity index (χ2n) is 3.30. The minimum absolute atomic E-state index is 0.0439. The van der Waals surface area contributed by atoms with E-state index in [4.69, 9.17) is 21.4 Å². The standard InChI is InChI=1S/C10H6BrClN2O4S/c11-5-2-1-3-6(14(16)17)8(5)18-10-13-9(12)7(4-15)19-10/h1-3,15H,4H2. The highest BCUT2D eigenvalue weighted by atomic mass is 79.9. The number of aliphatic hydroxyl groups excluding tert-OH is 1. The second-order valence-corrected chi connectivity index (χ2v) is 5.56. The molecule has 1 aromatic carbocycles. The summed E-state index contributed by atoms with van der Waals surface area (Å²) < 4.78 is 5.82. The molecule has 0 aliphatic rings. The Bertz CT molecular complexity index is 634. The molecule has 1 heterocycles. The SMILES string of the molecule is O=[N+]([O-])c1cccc(Br)c1Oc1nc(Cl)c(CO)s1. The van der Waals surface area contributed by atoms with E-state index >= 15 is 0 Å². The molecule has 2 rings (SSSR count). The average Bonchev–Trinajstić information content (AvgIpc) is 2.71. The molecule has 0 bridgehead atoms. The van der Waals surface area contributed by atoms with Crippen molar-refractivity contribution in [2.24, 2.45) is 0 Å². The van der Waals surface area contributed by atoms with Gasteiger partial charge in [0.25, 0.3) is 5.19 Å². The number of nitrogens with zero attached hydrogens (tertiary/aromatic N) is 2. The smallest absolute Gasteiger partial charge is 0.312 e. The lowest BCUT2D eigenvalue weighted by molar-refractivity contribution is -0.385. The number of rotatable bonds is 4. The van der Waals surface area contributed by atoms with Crippen molar-refractivity contribution in [3.05, 3.63) is 42.8 Å². The molecule has 1 N–H and O–H groups in total. The van der Waals surface area contributed by atoms with Gasteiger partial charge in [0.15, 0.2) is 0 Å². The van der Waals surface area contributed by atoms with Crippen molar-refractivity contribution in [3.8, 4) is 10.9 Å². The summed E-state index contributed by atoms with van der Waals surface area (Å²) in [5.74, 6) is 0.0439. The maximum atomic E-state index is 10.9. The van der Waals surface area contributed by atoms with E-state index in [1.54, 1.807) is 6.07 Å². The first kappa shape index (κ1) is 14.2. The third-order valence-electron chi connectivity index (χ3n) is 2.11. The molecular formula is C10H6BrClN2O4S. The van der Waals surface area contributed by atoms with Crippen LogP contribution in [0.1, 0.15) is 4.88 Å². The number of hydrogen-bond acceptors (Lipinski definition) is 6. The lowest BCUT2D eigenvalue weighted by Gasteiger charge is -2.04. The van der Waals surface area contributed by atoms with Gasteiger partial charge in [-0.25, -0.2) is 0 Å². The number of hydrogen-bond donors (Lipinski definition) is 1. The zero-order valence-corrected chi connectivity index (χ0v) is 12.3. The van der Waals surface area contributed by atoms with Gasteiger partial charge in [-0.15, -0.1) is 0 Å². The predicted molar refractivity (Wildman–Crippen MR) is 73.9 cm³/mol. The average molecular weight is 366 g/mol. The molecule has 6 nitrogen and oxygen atoms in total. The molecular weight excluding hydrogens is 360 g/mol. The fourth-order valence-electron chi connectivity index (χ4n) is 1.28. The maximum absolute atomic E-state index is 10.9. The summed E-state index contributed by atoms with van der Waals surface area (Å²) in [5, 5.41) is 20.2. The predicted octanol–water partition coefficient (Wildman–Crippen LogP) is 3.75. The van der Waals surface area contributed by atoms with E-state index in [-0.39, 0.29) is 28.4 Å². The summed E-state index contributed by atoms with van der Waals surface area (Å²) >= 11 is 9.97. The first-order chi connectivity index (χ1) is 9.02. The van der Waals surface area contributed by atoms with Crippen molar-refractivity contribution >= 4 is 44.6 Å². The van der Waals surface area contributed by atoms with Crippen LogP contribution in [0, 0.1) is 10.1 Å². The molecule has 100 valence electrons. The molecule has 0 aliphatic heterocycles. The van der Waals surface area contributed by atoms with Crippen LogP contribution in [0.5, 0.6) is 10.9 Å². The van der Waals surface area contributed by atoms with Gasteiger partial charge < -0.3 is 9.84 Å². The fraction of sp³-hybridized carbons (Fsp3) is 0.100. The zero-order valence-electron chi connectivity index (χ0n) is 9.17. The van der Waals surface area contributed by atoms with Gasteiger partial charge in [-0.3, -0.25) is 10.1 Å². The number of nitro groups is 1. The highest BCUT2D eigenvalue weighted by Gasteiger charge is 2.20. The molecule has 0 spiro atoms. The van der Waals surface area contributed by atoms with Gasteiger partial charge in [0.05, 0.1) is 20.9 Å². The molecule has 19 heavy (non-hydrogen) atoms. The molecule has 0 atom stereocenters. The topological polar surface area (TPSA) is 85.5 Å². The van der Waals surface area contributed by atoms with Crippen LogP contribution in [-0.2, 0) is 6.61 Å². The van der Waals surface area contributed by atoms with Crippen molar-refractivity contribution in [2.45, 2.75) is 6.61 Å². The molecule has 0 amide bonds. The van der Waals surface area contributed by atoms with Crippen LogP contribution in [0.2, 0.25) is 5.15 Å². The van der Waals surface area contributed by atoms with E-state index in [9.17, 15) is 10.1 Å². The van der Waals surface area contributed by atoms with Crippen LogP contribution >= 0.6 is 38.9 Å². The molecule has 9 heteroatoms. The number of nitro benzene ring substituents is 1. The van der Waals surface area contributed by atoms with Crippen molar-refractivity contribution in [3.63, 3.8) is 0 Å². The van der Waals surface area contributed by atoms with E-state index in [1.165, 1.54) is 12.1 Å². The number of ether oxygens (including phenoxy) is 1. The van der Waals surface area contributed by atoms with Crippen LogP contribution in [0.4, 0.5) is 5.69 Å². The third kappa shape index (κ3) is 3.03. The van der Waals surface area contributed by atoms with Gasteiger partial charge in [0.1, 0.15) is 5.15 Å². The van der Waals surface area contributed by atoms with Crippen LogP contribution in [-0.4, -0.2) is 15.0 Å².